The van der Waals surface area contributed by atoms with Gasteiger partial charge in [-0.3, -0.25) is 9.65 Å². The highest BCUT2D eigenvalue weighted by Gasteiger charge is 2.54. The van der Waals surface area contributed by atoms with Gasteiger partial charge in [-0.15, -0.1) is 0 Å². The van der Waals surface area contributed by atoms with E-state index in [1.807, 2.05) is 78.9 Å². The average molecular weight is 405 g/mol. The van der Waals surface area contributed by atoms with Crippen LogP contribution in [0, 0.1) is 11.3 Å². The first-order chi connectivity index (χ1) is 14.1. The van der Waals surface area contributed by atoms with E-state index < -0.39 is 7.29 Å². The summed E-state index contributed by atoms with van der Waals surface area (Å²) in [6, 6.07) is 29.7. The van der Waals surface area contributed by atoms with E-state index in [1.165, 1.54) is 0 Å². The first-order valence-corrected chi connectivity index (χ1v) is 11.9. The predicted octanol–water partition coefficient (Wildman–Crippen LogP) is 4.66. The molecule has 0 aromatic heterocycles. The van der Waals surface area contributed by atoms with Crippen LogP contribution in [-0.4, -0.2) is 11.7 Å². The van der Waals surface area contributed by atoms with Gasteiger partial charge in [-0.05, 0) is 54.0 Å². The summed E-state index contributed by atoms with van der Waals surface area (Å²) in [5, 5.41) is 14.8. The Hall–Kier alpha value is -2.19. The van der Waals surface area contributed by atoms with Crippen LogP contribution in [0.25, 0.3) is 0 Å². The monoisotopic (exact) mass is 405 g/mol. The predicted molar refractivity (Wildman–Crippen MR) is 120 cm³/mol. The van der Waals surface area contributed by atoms with Crippen molar-refractivity contribution in [3.05, 3.63) is 96.6 Å². The molecule has 1 aliphatic rings. The molecule has 0 bridgehead atoms. The van der Waals surface area contributed by atoms with Crippen molar-refractivity contribution in [2.75, 3.05) is 6.61 Å². The molecular formula is C25H28NO2P. The fourth-order valence-electron chi connectivity index (χ4n) is 4.33. The minimum absolute atomic E-state index is 0.0426. The molecule has 1 aliphatic carbocycles. The van der Waals surface area contributed by atoms with E-state index in [2.05, 4.69) is 24.1 Å². The zero-order valence-electron chi connectivity index (χ0n) is 16.7. The van der Waals surface area contributed by atoms with Crippen molar-refractivity contribution < 1.29 is 9.67 Å². The summed E-state index contributed by atoms with van der Waals surface area (Å²) >= 11 is 0. The van der Waals surface area contributed by atoms with E-state index in [9.17, 15) is 9.67 Å². The molecule has 0 heterocycles. The Labute approximate surface area is 173 Å². The highest BCUT2D eigenvalue weighted by molar-refractivity contribution is 7.76. The summed E-state index contributed by atoms with van der Waals surface area (Å²) in [5.74, 6) is 0.331. The standard InChI is InChI=1S/C25H28NO2P/c1-25(17-18-27)19-23(25)24(20-11-5-2-6-12-20)26-29(28,21-13-7-3-8-14-21)22-15-9-4-10-16-22/h2-16,23-24,27H,17-19H2,1H3,(H,26,28)/t23-,24+,25+/m0/s1. The summed E-state index contributed by atoms with van der Waals surface area (Å²) in [6.45, 7) is 2.41. The summed E-state index contributed by atoms with van der Waals surface area (Å²) < 4.78 is 14.5. The molecule has 0 amide bonds. The molecule has 3 nitrogen and oxygen atoms in total. The molecule has 2 N–H and O–H groups in total. The van der Waals surface area contributed by atoms with E-state index in [1.54, 1.807) is 0 Å². The SMILES string of the molecule is C[C@@]1(CCO)C[C@H]1[C@H](NP(=O)(c1ccccc1)c1ccccc1)c1ccccc1. The maximum absolute atomic E-state index is 14.5. The van der Waals surface area contributed by atoms with Crippen LogP contribution in [0.5, 0.6) is 0 Å². The molecule has 0 spiro atoms. The highest BCUT2D eigenvalue weighted by Crippen LogP contribution is 2.62. The zero-order valence-corrected chi connectivity index (χ0v) is 17.6. The lowest BCUT2D eigenvalue weighted by atomic mass is 9.94. The van der Waals surface area contributed by atoms with Crippen molar-refractivity contribution in [1.29, 1.82) is 0 Å². The van der Waals surface area contributed by atoms with Gasteiger partial charge >= 0.3 is 0 Å². The molecule has 0 saturated heterocycles. The van der Waals surface area contributed by atoms with Crippen LogP contribution in [0.15, 0.2) is 91.0 Å². The molecule has 3 aromatic carbocycles. The third-order valence-electron chi connectivity index (χ3n) is 6.23. The topological polar surface area (TPSA) is 49.3 Å². The van der Waals surface area contributed by atoms with Crippen LogP contribution in [0.4, 0.5) is 0 Å². The lowest BCUT2D eigenvalue weighted by Crippen LogP contribution is -2.32. The smallest absolute Gasteiger partial charge is 0.205 e. The van der Waals surface area contributed by atoms with Gasteiger partial charge in [0.2, 0.25) is 7.29 Å². The molecule has 29 heavy (non-hydrogen) atoms. The Morgan fingerprint density at radius 1 is 0.931 bits per heavy atom. The molecule has 1 saturated carbocycles. The van der Waals surface area contributed by atoms with Gasteiger partial charge in [0.25, 0.3) is 0 Å². The Morgan fingerprint density at radius 2 is 1.41 bits per heavy atom. The Balaban J connectivity index is 1.77. The van der Waals surface area contributed by atoms with Crippen molar-refractivity contribution in [3.8, 4) is 0 Å². The van der Waals surface area contributed by atoms with Gasteiger partial charge < -0.3 is 5.11 Å². The number of rotatable bonds is 8. The van der Waals surface area contributed by atoms with Crippen molar-refractivity contribution in [2.24, 2.45) is 11.3 Å². The number of benzene rings is 3. The first kappa shape index (κ1) is 20.1. The second kappa shape index (κ2) is 8.28. The molecular weight excluding hydrogens is 377 g/mol. The van der Waals surface area contributed by atoms with Crippen LogP contribution in [0.3, 0.4) is 0 Å². The second-order valence-electron chi connectivity index (χ2n) is 8.24. The Bertz CT molecular complexity index is 934. The Kier molecular flexibility index (Phi) is 5.74. The van der Waals surface area contributed by atoms with E-state index in [0.717, 1.165) is 29.0 Å². The second-order valence-corrected chi connectivity index (χ2v) is 10.7. The van der Waals surface area contributed by atoms with Crippen LogP contribution in [0.2, 0.25) is 0 Å². The zero-order chi connectivity index (χ0) is 20.3. The number of hydrogen-bond acceptors (Lipinski definition) is 2. The van der Waals surface area contributed by atoms with Crippen LogP contribution in [-0.2, 0) is 4.57 Å². The van der Waals surface area contributed by atoms with Gasteiger partial charge in [0.05, 0.1) is 0 Å². The molecule has 0 radical (unpaired) electrons. The maximum Gasteiger partial charge on any atom is 0.205 e. The third kappa shape index (κ3) is 4.09. The van der Waals surface area contributed by atoms with Crippen molar-refractivity contribution in [3.63, 3.8) is 0 Å². The van der Waals surface area contributed by atoms with E-state index in [0.29, 0.717) is 5.92 Å². The quantitative estimate of drug-likeness (QED) is 0.536. The molecule has 1 fully saturated rings. The van der Waals surface area contributed by atoms with Gasteiger partial charge in [0.15, 0.2) is 0 Å². The fourth-order valence-corrected chi connectivity index (χ4v) is 6.83. The molecule has 0 aliphatic heterocycles. The van der Waals surface area contributed by atoms with E-state index >= 15 is 0 Å². The van der Waals surface area contributed by atoms with Crippen molar-refractivity contribution in [2.45, 2.75) is 25.8 Å². The van der Waals surface area contributed by atoms with Crippen molar-refractivity contribution in [1.82, 2.24) is 5.09 Å². The lowest BCUT2D eigenvalue weighted by molar-refractivity contribution is 0.243. The summed E-state index contributed by atoms with van der Waals surface area (Å²) in [4.78, 5) is 0. The minimum Gasteiger partial charge on any atom is -0.396 e. The summed E-state index contributed by atoms with van der Waals surface area (Å²) in [5.41, 5.74) is 1.21. The van der Waals surface area contributed by atoms with Gasteiger partial charge in [0.1, 0.15) is 0 Å². The Morgan fingerprint density at radius 3 is 1.90 bits per heavy atom. The van der Waals surface area contributed by atoms with Gasteiger partial charge in [-0.25, -0.2) is 0 Å². The summed E-state index contributed by atoms with van der Waals surface area (Å²) in [7, 11) is -3.05. The van der Waals surface area contributed by atoms with Gasteiger partial charge in [-0.1, -0.05) is 73.7 Å². The van der Waals surface area contributed by atoms with Crippen LogP contribution >= 0.6 is 7.29 Å². The van der Waals surface area contributed by atoms with Gasteiger partial charge in [0, 0.05) is 23.3 Å². The number of hydrogen-bond donors (Lipinski definition) is 2. The maximum atomic E-state index is 14.5. The van der Waals surface area contributed by atoms with Crippen LogP contribution in [0.1, 0.15) is 31.4 Å². The number of aliphatic hydroxyl groups excluding tert-OH is 1. The number of aliphatic hydroxyl groups is 1. The molecule has 0 unspecified atom stereocenters. The lowest BCUT2D eigenvalue weighted by Gasteiger charge is -2.29. The summed E-state index contributed by atoms with van der Waals surface area (Å²) in [6.07, 6.45) is 1.79. The van der Waals surface area contributed by atoms with Gasteiger partial charge in [-0.2, -0.15) is 0 Å². The molecule has 150 valence electrons. The van der Waals surface area contributed by atoms with Crippen LogP contribution < -0.4 is 15.7 Å². The molecule has 4 heteroatoms. The minimum atomic E-state index is -3.05. The molecule has 4 rings (SSSR count). The van der Waals surface area contributed by atoms with Crippen molar-refractivity contribution >= 4 is 17.9 Å². The third-order valence-corrected chi connectivity index (χ3v) is 8.92. The number of nitrogens with one attached hydrogen (secondary N) is 1. The molecule has 3 atom stereocenters. The average Bonchev–Trinajstić information content (AvgIpc) is 3.44. The first-order valence-electron chi connectivity index (χ1n) is 10.2. The van der Waals surface area contributed by atoms with E-state index in [-0.39, 0.29) is 18.1 Å². The fraction of sp³-hybridized carbons (Fsp3) is 0.280. The largest absolute Gasteiger partial charge is 0.396 e. The molecule has 3 aromatic rings. The normalized spacial score (nSPS) is 22.2. The van der Waals surface area contributed by atoms with E-state index in [4.69, 9.17) is 0 Å². The highest BCUT2D eigenvalue weighted by atomic mass is 31.2.